The van der Waals surface area contributed by atoms with E-state index in [1.165, 1.54) is 99.9 Å². The molecule has 0 aromatic heterocycles. The van der Waals surface area contributed by atoms with Gasteiger partial charge in [0, 0.05) is 0 Å². The molecule has 0 radical (unpaired) electrons. The Hall–Kier alpha value is -3.38. The number of rotatable bonds is 6. The van der Waals surface area contributed by atoms with Crippen LogP contribution >= 0.6 is 0 Å². The molecule has 4 saturated carbocycles. The fourth-order valence-corrected chi connectivity index (χ4v) is 14.4. The second-order valence-electron chi connectivity index (χ2n) is 22.9. The lowest BCUT2D eigenvalue weighted by molar-refractivity contribution is -0.151. The molecule has 0 N–H and O–H groups in total. The van der Waals surface area contributed by atoms with Gasteiger partial charge in [0.2, 0.25) is 0 Å². The molecular weight excluding hydrogens is 757 g/mol. The molecule has 9 rings (SSSR count). The number of benzene rings is 5. The van der Waals surface area contributed by atoms with Gasteiger partial charge >= 0.3 is 0 Å². The number of aryl methyl sites for hydroxylation is 5. The predicted octanol–water partition coefficient (Wildman–Crippen LogP) is 19.2. The summed E-state index contributed by atoms with van der Waals surface area (Å²) in [6.45, 7) is 30.7. The third kappa shape index (κ3) is 11.4. The molecule has 0 spiro atoms. The highest BCUT2D eigenvalue weighted by Gasteiger charge is 2.59. The van der Waals surface area contributed by atoms with Crippen LogP contribution in [0.3, 0.4) is 0 Å². The van der Waals surface area contributed by atoms with Crippen molar-refractivity contribution in [2.24, 2.45) is 58.2 Å². The maximum absolute atomic E-state index is 2.77. The summed E-state index contributed by atoms with van der Waals surface area (Å²) in [6.07, 6.45) is 19.8. The highest BCUT2D eigenvalue weighted by Crippen LogP contribution is 2.67. The molecule has 4 aliphatic carbocycles. The number of hydrogen-bond donors (Lipinski definition) is 0. The largest absolute Gasteiger partial charge is 0.0628 e. The number of hydrogen-bond acceptors (Lipinski definition) is 0. The van der Waals surface area contributed by atoms with Crippen LogP contribution in [-0.4, -0.2) is 0 Å². The summed E-state index contributed by atoms with van der Waals surface area (Å²) < 4.78 is 0. The minimum absolute atomic E-state index is 0.654. The molecule has 63 heavy (non-hydrogen) atoms. The van der Waals surface area contributed by atoms with E-state index in [0.717, 1.165) is 47.3 Å². The van der Waals surface area contributed by atoms with Crippen LogP contribution in [0.4, 0.5) is 0 Å². The first-order valence-corrected chi connectivity index (χ1v) is 26.0. The van der Waals surface area contributed by atoms with Crippen LogP contribution in [0.2, 0.25) is 0 Å². The lowest BCUT2D eigenvalue weighted by Crippen LogP contribution is -2.56. The van der Waals surface area contributed by atoms with Gasteiger partial charge in [-0.25, -0.2) is 0 Å². The van der Waals surface area contributed by atoms with Gasteiger partial charge in [0.25, 0.3) is 0 Å². The Morgan fingerprint density at radius 3 is 1.52 bits per heavy atom. The molecule has 342 valence electrons. The zero-order valence-corrected chi connectivity index (χ0v) is 42.6. The van der Waals surface area contributed by atoms with Gasteiger partial charge in [0.15, 0.2) is 0 Å². The van der Waals surface area contributed by atoms with E-state index in [1.807, 2.05) is 0 Å². The van der Waals surface area contributed by atoms with Crippen LogP contribution in [0, 0.1) is 92.8 Å². The van der Waals surface area contributed by atoms with E-state index in [2.05, 4.69) is 187 Å². The quantitative estimate of drug-likeness (QED) is 0.160. The van der Waals surface area contributed by atoms with Crippen molar-refractivity contribution in [2.75, 3.05) is 0 Å². The first kappa shape index (κ1) is 49.1. The molecule has 0 saturated heterocycles. The Balaban J connectivity index is 0.000000159. The smallest absolute Gasteiger partial charge is 0.0125 e. The zero-order valence-electron chi connectivity index (χ0n) is 42.6. The van der Waals surface area contributed by atoms with Crippen molar-refractivity contribution in [1.29, 1.82) is 0 Å². The van der Waals surface area contributed by atoms with Gasteiger partial charge in [0.05, 0.1) is 0 Å². The fraction of sp³-hybridized carbons (Fsp3) is 0.587. The van der Waals surface area contributed by atoms with E-state index in [0.29, 0.717) is 16.7 Å². The minimum atomic E-state index is 0.654. The summed E-state index contributed by atoms with van der Waals surface area (Å²) in [5.41, 5.74) is 9.67. The van der Waals surface area contributed by atoms with E-state index in [4.69, 9.17) is 0 Å². The van der Waals surface area contributed by atoms with Crippen molar-refractivity contribution in [1.82, 2.24) is 0 Å². The summed E-state index contributed by atoms with van der Waals surface area (Å²) in [5.74, 6) is 8.69. The lowest BCUT2D eigenvalue weighted by Gasteiger charge is -2.64. The highest BCUT2D eigenvalue weighted by atomic mass is 14.6. The van der Waals surface area contributed by atoms with E-state index < -0.39 is 0 Å². The average molecular weight is 847 g/mol. The van der Waals surface area contributed by atoms with Crippen LogP contribution < -0.4 is 0 Å². The molecular formula is C63H90. The van der Waals surface area contributed by atoms with Crippen LogP contribution in [0.25, 0.3) is 21.5 Å². The third-order valence-electron chi connectivity index (χ3n) is 17.8. The summed E-state index contributed by atoms with van der Waals surface area (Å²) in [4.78, 5) is 0. The third-order valence-corrected chi connectivity index (χ3v) is 17.8. The molecule has 0 heteroatoms. The Kier molecular flexibility index (Phi) is 16.9. The number of fused-ring (bicyclic) bond motifs is 7. The topological polar surface area (TPSA) is 0 Å². The van der Waals surface area contributed by atoms with Gasteiger partial charge in [-0.2, -0.15) is 0 Å². The van der Waals surface area contributed by atoms with Crippen molar-refractivity contribution < 1.29 is 0 Å². The molecule has 0 amide bonds. The van der Waals surface area contributed by atoms with Crippen molar-refractivity contribution >= 4 is 21.5 Å². The Bertz CT molecular complexity index is 2040. The van der Waals surface area contributed by atoms with E-state index in [1.54, 1.807) is 38.5 Å². The Labute approximate surface area is 387 Å². The molecule has 5 unspecified atom stereocenters. The maximum atomic E-state index is 2.77. The van der Waals surface area contributed by atoms with E-state index >= 15 is 0 Å². The monoisotopic (exact) mass is 847 g/mol. The van der Waals surface area contributed by atoms with Gasteiger partial charge in [-0.1, -0.05) is 185 Å². The normalized spacial score (nSPS) is 28.0. The summed E-state index contributed by atoms with van der Waals surface area (Å²) in [6, 6.07) is 34.3. The second-order valence-corrected chi connectivity index (χ2v) is 22.9. The van der Waals surface area contributed by atoms with Crippen LogP contribution in [0.15, 0.2) is 97.1 Å². The molecule has 0 heterocycles. The first-order chi connectivity index (χ1) is 30.0. The van der Waals surface area contributed by atoms with Crippen molar-refractivity contribution in [3.63, 3.8) is 0 Å². The second kappa shape index (κ2) is 21.7. The molecule has 4 fully saturated rings. The van der Waals surface area contributed by atoms with E-state index in [-0.39, 0.29) is 0 Å². The summed E-state index contributed by atoms with van der Waals surface area (Å²) in [5, 5.41) is 5.49. The SMILES string of the molecule is CC(C)CCCC(C)[C@H]1CCCC2C3CCC4C[C@@H](C)CC[C@]4(C)C3CC[C@@]21C.Cc1cccc2cccc(C)c12.Cc1cccc2cccc(C)c12.Cc1ccccc1C(C)C. The van der Waals surface area contributed by atoms with Crippen molar-refractivity contribution in [3.05, 3.63) is 130 Å². The van der Waals surface area contributed by atoms with Gasteiger partial charge in [-0.3, -0.25) is 0 Å². The molecule has 0 nitrogen and oxygen atoms in total. The average Bonchev–Trinajstić information content (AvgIpc) is 3.24. The van der Waals surface area contributed by atoms with Crippen LogP contribution in [0.1, 0.15) is 178 Å². The predicted molar refractivity (Wildman–Crippen MR) is 279 cm³/mol. The summed E-state index contributed by atoms with van der Waals surface area (Å²) in [7, 11) is 0. The van der Waals surface area contributed by atoms with Crippen molar-refractivity contribution in [2.45, 2.75) is 179 Å². The Morgan fingerprint density at radius 2 is 1.03 bits per heavy atom. The fourth-order valence-electron chi connectivity index (χ4n) is 14.4. The Morgan fingerprint density at radius 1 is 0.524 bits per heavy atom. The summed E-state index contributed by atoms with van der Waals surface area (Å²) >= 11 is 0. The molecule has 0 bridgehead atoms. The molecule has 4 aliphatic rings. The van der Waals surface area contributed by atoms with E-state index in [9.17, 15) is 0 Å². The van der Waals surface area contributed by atoms with Gasteiger partial charge < -0.3 is 0 Å². The molecule has 5 aromatic carbocycles. The van der Waals surface area contributed by atoms with Crippen LogP contribution in [0.5, 0.6) is 0 Å². The van der Waals surface area contributed by atoms with Crippen molar-refractivity contribution in [3.8, 4) is 0 Å². The minimum Gasteiger partial charge on any atom is -0.0628 e. The van der Waals surface area contributed by atoms with Gasteiger partial charge in [-0.05, 0) is 205 Å². The molecule has 9 atom stereocenters. The highest BCUT2D eigenvalue weighted by molar-refractivity contribution is 5.89. The molecule has 5 aromatic rings. The van der Waals surface area contributed by atoms with Crippen LogP contribution in [-0.2, 0) is 0 Å². The molecule has 0 aliphatic heterocycles. The standard InChI is InChI=1S/C29H52.2C12H12.C10H14/c1-20(2)9-7-10-22(4)25-11-8-12-26-24-14-13-23-19-21(3)15-17-28(23,5)27(24)16-18-29(25,26)6;2*1-9-5-3-7-11-8-4-6-10(2)12(9)11;1-8(2)10-7-5-4-6-9(10)3/h20-27H,7-19H2,1-6H3;2*3-8H,1-2H3;4-8H,1-3H3/t21-,22?,23?,24?,25+,26?,27?,28-,29+;;;/m0.../s1. The maximum Gasteiger partial charge on any atom is -0.0125 e. The van der Waals surface area contributed by atoms with Gasteiger partial charge in [0.1, 0.15) is 0 Å². The zero-order chi connectivity index (χ0) is 45.5. The van der Waals surface area contributed by atoms with Gasteiger partial charge in [-0.15, -0.1) is 0 Å². The first-order valence-electron chi connectivity index (χ1n) is 26.0. The lowest BCUT2D eigenvalue weighted by atomic mass is 9.41.